The second-order valence-corrected chi connectivity index (χ2v) is 27.6. The van der Waals surface area contributed by atoms with Crippen LogP contribution in [0.5, 0.6) is 0 Å². The van der Waals surface area contributed by atoms with Gasteiger partial charge >= 0.3 is 0 Å². The molecule has 0 aliphatic heterocycles. The van der Waals surface area contributed by atoms with Crippen LogP contribution in [0.3, 0.4) is 0 Å². The maximum atomic E-state index is 9.72. The van der Waals surface area contributed by atoms with E-state index >= 15 is 0 Å². The molecule has 8 aromatic carbocycles. The van der Waals surface area contributed by atoms with Crippen molar-refractivity contribution in [3.63, 3.8) is 0 Å². The third-order valence-electron chi connectivity index (χ3n) is 11.8. The summed E-state index contributed by atoms with van der Waals surface area (Å²) >= 11 is 0. The molecule has 0 atom stereocenters. The molecule has 0 aromatic heterocycles. The number of nitriles is 2. The average Bonchev–Trinajstić information content (AvgIpc) is 3.23. The molecule has 0 spiro atoms. The Morgan fingerprint density at radius 3 is 0.983 bits per heavy atom. The molecule has 0 fully saturated rings. The molecular formula is C52H50N4Si2. The average molecular weight is 787 g/mol. The molecule has 4 nitrogen and oxygen atoms in total. The first-order chi connectivity index (χ1) is 27.8. The molecule has 0 bridgehead atoms. The van der Waals surface area contributed by atoms with Gasteiger partial charge in [-0.15, -0.1) is 0 Å². The Hall–Kier alpha value is -6.19. The monoisotopic (exact) mass is 786 g/mol. The minimum atomic E-state index is -1.53. The van der Waals surface area contributed by atoms with E-state index in [0.717, 1.165) is 47.0 Å². The van der Waals surface area contributed by atoms with E-state index in [4.69, 9.17) is 0 Å². The highest BCUT2D eigenvalue weighted by Crippen LogP contribution is 2.49. The number of hydrogen-bond acceptors (Lipinski definition) is 4. The van der Waals surface area contributed by atoms with Crippen molar-refractivity contribution in [1.29, 1.82) is 10.5 Å². The highest BCUT2D eigenvalue weighted by Gasteiger charge is 2.26. The van der Waals surface area contributed by atoms with Crippen LogP contribution in [-0.2, 0) is 12.8 Å². The Morgan fingerprint density at radius 1 is 0.414 bits per heavy atom. The summed E-state index contributed by atoms with van der Waals surface area (Å²) in [5.74, 6) is 0. The predicted molar refractivity (Wildman–Crippen MR) is 254 cm³/mol. The van der Waals surface area contributed by atoms with Gasteiger partial charge in [0, 0.05) is 33.5 Å². The molecule has 58 heavy (non-hydrogen) atoms. The zero-order valence-electron chi connectivity index (χ0n) is 34.9. The van der Waals surface area contributed by atoms with Gasteiger partial charge in [-0.05, 0) is 130 Å². The number of nitrogens with zero attached hydrogens (tertiary/aromatic N) is 4. The number of benzene rings is 8. The molecule has 0 unspecified atom stereocenters. The van der Waals surface area contributed by atoms with E-state index in [2.05, 4.69) is 184 Å². The van der Waals surface area contributed by atoms with Crippen LogP contribution in [0.1, 0.15) is 36.1 Å². The number of aryl methyl sites for hydroxylation is 2. The lowest BCUT2D eigenvalue weighted by Crippen LogP contribution is -2.37. The first-order valence-corrected chi connectivity index (χ1v) is 27.4. The minimum absolute atomic E-state index is 0.643. The van der Waals surface area contributed by atoms with Gasteiger partial charge < -0.3 is 9.80 Å². The summed E-state index contributed by atoms with van der Waals surface area (Å²) in [5.41, 5.74) is 10.3. The van der Waals surface area contributed by atoms with Crippen molar-refractivity contribution in [2.75, 3.05) is 9.80 Å². The van der Waals surface area contributed by atoms with E-state index in [1.807, 2.05) is 24.3 Å². The second kappa shape index (κ2) is 15.0. The van der Waals surface area contributed by atoms with Gasteiger partial charge in [-0.2, -0.15) is 10.5 Å². The summed E-state index contributed by atoms with van der Waals surface area (Å²) < 4.78 is 0. The lowest BCUT2D eigenvalue weighted by atomic mass is 9.86. The fourth-order valence-corrected chi connectivity index (χ4v) is 10.8. The van der Waals surface area contributed by atoms with Crippen LogP contribution in [0.4, 0.5) is 34.1 Å². The molecule has 8 rings (SSSR count). The van der Waals surface area contributed by atoms with E-state index in [9.17, 15) is 10.5 Å². The first-order valence-electron chi connectivity index (χ1n) is 20.4. The molecule has 6 heteroatoms. The van der Waals surface area contributed by atoms with Crippen molar-refractivity contribution in [1.82, 2.24) is 0 Å². The van der Waals surface area contributed by atoms with Crippen molar-refractivity contribution in [3.05, 3.63) is 156 Å². The van der Waals surface area contributed by atoms with E-state index in [1.54, 1.807) is 0 Å². The van der Waals surface area contributed by atoms with Gasteiger partial charge in [0.1, 0.15) is 0 Å². The lowest BCUT2D eigenvalue weighted by molar-refractivity contribution is 1.15. The molecular weight excluding hydrogens is 737 g/mol. The molecule has 0 aliphatic rings. The SMILES string of the molecule is CCc1cc(N(c2ccc(C#N)cc2)c2ccc([Si](C)(C)C)cc2)c2ccc3c(CC)cc(N(c4ccc(C#N)cc4)c4ccc([Si](C)(C)C)cc4)c4ccc1c2c34. The normalized spacial score (nSPS) is 11.9. The minimum Gasteiger partial charge on any atom is -0.310 e. The number of anilines is 6. The Kier molecular flexibility index (Phi) is 9.97. The van der Waals surface area contributed by atoms with Crippen LogP contribution in [-0.4, -0.2) is 16.1 Å². The fraction of sp³-hybridized carbons (Fsp3) is 0.192. The number of rotatable bonds is 10. The molecule has 0 N–H and O–H groups in total. The van der Waals surface area contributed by atoms with Crippen molar-refractivity contribution >= 4 is 93.0 Å². The van der Waals surface area contributed by atoms with Crippen LogP contribution >= 0.6 is 0 Å². The lowest BCUT2D eigenvalue weighted by Gasteiger charge is -2.31. The van der Waals surface area contributed by atoms with Crippen LogP contribution < -0.4 is 20.2 Å². The predicted octanol–water partition coefficient (Wildman–Crippen LogP) is 13.5. The summed E-state index contributed by atoms with van der Waals surface area (Å²) in [6.45, 7) is 18.8. The Morgan fingerprint density at radius 2 is 0.707 bits per heavy atom. The highest BCUT2D eigenvalue weighted by atomic mass is 28.3. The van der Waals surface area contributed by atoms with Crippen LogP contribution in [0.15, 0.2) is 133 Å². The maximum absolute atomic E-state index is 9.72. The smallest absolute Gasteiger partial charge is 0.0991 e. The highest BCUT2D eigenvalue weighted by molar-refractivity contribution is 6.89. The van der Waals surface area contributed by atoms with Gasteiger partial charge in [-0.25, -0.2) is 0 Å². The van der Waals surface area contributed by atoms with E-state index in [0.29, 0.717) is 11.1 Å². The van der Waals surface area contributed by atoms with E-state index < -0.39 is 16.1 Å². The first kappa shape index (κ1) is 38.7. The molecule has 0 amide bonds. The largest absolute Gasteiger partial charge is 0.310 e. The summed E-state index contributed by atoms with van der Waals surface area (Å²) in [6.07, 6.45) is 1.76. The molecule has 0 saturated heterocycles. The molecule has 286 valence electrons. The standard InChI is InChI=1S/C52H50N4Si2/c1-9-37-31-49(55(39-15-11-35(33-53)12-16-39)41-19-23-43(24-20-41)57(3,4)5)47-30-28-46-38(10-2)32-50(48-29-27-45(37)51(47)52(46)48)56(40-17-13-36(34-54)14-18-40)42-21-25-44(26-22-42)58(6,7)8/h11-32H,9-10H2,1-8H3. The number of hydrogen-bond donors (Lipinski definition) is 0. The van der Waals surface area contributed by atoms with Crippen LogP contribution in [0.2, 0.25) is 39.3 Å². The molecule has 0 radical (unpaired) electrons. The fourth-order valence-electron chi connectivity index (χ4n) is 8.50. The van der Waals surface area contributed by atoms with E-state index in [1.165, 1.54) is 53.8 Å². The summed E-state index contributed by atoms with van der Waals surface area (Å²) in [7, 11) is -3.05. The third-order valence-corrected chi connectivity index (χ3v) is 15.9. The summed E-state index contributed by atoms with van der Waals surface area (Å²) in [4.78, 5) is 4.76. The Bertz CT molecular complexity index is 2670. The zero-order valence-corrected chi connectivity index (χ0v) is 36.9. The van der Waals surface area contributed by atoms with Gasteiger partial charge in [0.15, 0.2) is 0 Å². The molecule has 0 heterocycles. The molecule has 0 aliphatic carbocycles. The molecule has 8 aromatic rings. The summed E-state index contributed by atoms with van der Waals surface area (Å²) in [6, 6.07) is 53.0. The maximum Gasteiger partial charge on any atom is 0.0991 e. The van der Waals surface area contributed by atoms with Gasteiger partial charge in [-0.3, -0.25) is 0 Å². The van der Waals surface area contributed by atoms with Crippen molar-refractivity contribution in [3.8, 4) is 12.1 Å². The summed E-state index contributed by atoms with van der Waals surface area (Å²) in [5, 5.41) is 29.7. The van der Waals surface area contributed by atoms with Gasteiger partial charge in [0.2, 0.25) is 0 Å². The van der Waals surface area contributed by atoms with Crippen molar-refractivity contribution < 1.29 is 0 Å². The van der Waals surface area contributed by atoms with Crippen LogP contribution in [0, 0.1) is 22.7 Å². The third kappa shape index (κ3) is 6.83. The second-order valence-electron chi connectivity index (χ2n) is 17.5. The zero-order chi connectivity index (χ0) is 40.9. The van der Waals surface area contributed by atoms with Crippen molar-refractivity contribution in [2.45, 2.75) is 66.0 Å². The van der Waals surface area contributed by atoms with Crippen LogP contribution in [0.25, 0.3) is 32.3 Å². The quantitative estimate of drug-likeness (QED) is 0.102. The van der Waals surface area contributed by atoms with Gasteiger partial charge in [0.05, 0.1) is 50.8 Å². The van der Waals surface area contributed by atoms with Gasteiger partial charge in [0.25, 0.3) is 0 Å². The topological polar surface area (TPSA) is 54.1 Å². The van der Waals surface area contributed by atoms with E-state index in [-0.39, 0.29) is 0 Å². The van der Waals surface area contributed by atoms with Gasteiger partial charge in [-0.1, -0.05) is 112 Å². The molecule has 0 saturated carbocycles. The van der Waals surface area contributed by atoms with Crippen molar-refractivity contribution in [2.24, 2.45) is 0 Å². The Labute approximate surface area is 345 Å². The Balaban J connectivity index is 1.44.